The number of nitro groups is 1. The van der Waals surface area contributed by atoms with Crippen LogP contribution in [-0.4, -0.2) is 36.7 Å². The Kier molecular flexibility index (Phi) is 6.80. The molecule has 0 bridgehead atoms. The molecule has 0 fully saturated rings. The number of carbonyl (C=O) groups excluding carboxylic acids is 2. The molecule has 2 amide bonds. The molecule has 0 aromatic heterocycles. The summed E-state index contributed by atoms with van der Waals surface area (Å²) < 4.78 is 16.0. The molecule has 2 N–H and O–H groups in total. The third-order valence-corrected chi connectivity index (χ3v) is 3.94. The van der Waals surface area contributed by atoms with E-state index in [1.807, 2.05) is 0 Å². The van der Waals surface area contributed by atoms with Gasteiger partial charge in [0.05, 0.1) is 36.4 Å². The van der Waals surface area contributed by atoms with Crippen molar-refractivity contribution in [1.29, 1.82) is 0 Å². The van der Waals surface area contributed by atoms with Crippen LogP contribution in [0.15, 0.2) is 23.4 Å². The smallest absolute Gasteiger partial charge is 0.338 e. The lowest BCUT2D eigenvalue weighted by molar-refractivity contribution is -0.386. The largest absolute Gasteiger partial charge is 0.490 e. The molecule has 0 unspecified atom stereocenters. The molecule has 0 spiro atoms. The summed E-state index contributed by atoms with van der Waals surface area (Å²) in [7, 11) is 0. The van der Waals surface area contributed by atoms with Gasteiger partial charge in [-0.25, -0.2) is 9.59 Å². The second kappa shape index (κ2) is 9.07. The maximum atomic E-state index is 12.4. The van der Waals surface area contributed by atoms with E-state index in [2.05, 4.69) is 10.6 Å². The Morgan fingerprint density at radius 3 is 2.43 bits per heavy atom. The summed E-state index contributed by atoms with van der Waals surface area (Å²) in [6.07, 6.45) is 0. The van der Waals surface area contributed by atoms with E-state index in [-0.39, 0.29) is 42.6 Å². The van der Waals surface area contributed by atoms with Crippen molar-refractivity contribution in [3.63, 3.8) is 0 Å². The van der Waals surface area contributed by atoms with E-state index in [0.29, 0.717) is 11.3 Å². The fraction of sp³-hybridized carbons (Fsp3) is 0.444. The number of hydrogen-bond donors (Lipinski definition) is 2. The second-order valence-electron chi connectivity index (χ2n) is 5.78. The summed E-state index contributed by atoms with van der Waals surface area (Å²) in [4.78, 5) is 35.4. The Bertz CT molecular complexity index is 820. The Hall–Kier alpha value is -3.30. The highest BCUT2D eigenvalue weighted by Gasteiger charge is 2.34. The van der Waals surface area contributed by atoms with Gasteiger partial charge in [-0.2, -0.15) is 0 Å². The highest BCUT2D eigenvalue weighted by Crippen LogP contribution is 2.41. The van der Waals surface area contributed by atoms with Crippen molar-refractivity contribution < 1.29 is 28.7 Å². The number of allylic oxidation sites excluding steroid dienone is 1. The SMILES string of the molecule is CCOC(=O)C1=C(C)NC(=O)N[C@@H]1c1cc(OCC)c(OCC)c([N+](=O)[O-])c1. The van der Waals surface area contributed by atoms with E-state index in [1.165, 1.54) is 12.1 Å². The fourth-order valence-electron chi connectivity index (χ4n) is 2.89. The third-order valence-electron chi connectivity index (χ3n) is 3.94. The first-order chi connectivity index (χ1) is 13.3. The number of ether oxygens (including phenoxy) is 3. The molecule has 1 aliphatic heterocycles. The number of nitrogens with one attached hydrogen (secondary N) is 2. The van der Waals surface area contributed by atoms with Crippen molar-refractivity contribution in [3.05, 3.63) is 39.1 Å². The van der Waals surface area contributed by atoms with Crippen molar-refractivity contribution >= 4 is 17.7 Å². The van der Waals surface area contributed by atoms with Gasteiger partial charge in [0.25, 0.3) is 0 Å². The normalized spacial score (nSPS) is 16.1. The quantitative estimate of drug-likeness (QED) is 0.394. The minimum atomic E-state index is -0.943. The summed E-state index contributed by atoms with van der Waals surface area (Å²) in [5, 5.41) is 16.7. The lowest BCUT2D eigenvalue weighted by atomic mass is 9.94. The van der Waals surface area contributed by atoms with Gasteiger partial charge in [0.1, 0.15) is 0 Å². The van der Waals surface area contributed by atoms with Gasteiger partial charge >= 0.3 is 17.7 Å². The number of amides is 2. The van der Waals surface area contributed by atoms with Crippen LogP contribution in [-0.2, 0) is 9.53 Å². The highest BCUT2D eigenvalue weighted by molar-refractivity contribution is 5.95. The molecule has 0 saturated heterocycles. The van der Waals surface area contributed by atoms with E-state index >= 15 is 0 Å². The maximum absolute atomic E-state index is 12.4. The van der Waals surface area contributed by atoms with Crippen LogP contribution in [0.2, 0.25) is 0 Å². The van der Waals surface area contributed by atoms with Crippen LogP contribution in [0, 0.1) is 10.1 Å². The summed E-state index contributed by atoms with van der Waals surface area (Å²) in [5.41, 5.74) is 0.441. The zero-order valence-corrected chi connectivity index (χ0v) is 16.2. The Morgan fingerprint density at radius 1 is 1.18 bits per heavy atom. The second-order valence-corrected chi connectivity index (χ2v) is 5.78. The molecule has 1 heterocycles. The fourth-order valence-corrected chi connectivity index (χ4v) is 2.89. The number of hydrogen-bond acceptors (Lipinski definition) is 7. The van der Waals surface area contributed by atoms with Crippen LogP contribution in [0.4, 0.5) is 10.5 Å². The molecule has 1 aliphatic rings. The predicted molar refractivity (Wildman–Crippen MR) is 99.2 cm³/mol. The monoisotopic (exact) mass is 393 g/mol. The van der Waals surface area contributed by atoms with E-state index in [1.54, 1.807) is 27.7 Å². The third kappa shape index (κ3) is 4.33. The van der Waals surface area contributed by atoms with Crippen molar-refractivity contribution in [1.82, 2.24) is 10.6 Å². The van der Waals surface area contributed by atoms with Crippen LogP contribution >= 0.6 is 0 Å². The Balaban J connectivity index is 2.66. The predicted octanol–water partition coefficient (Wildman–Crippen LogP) is 2.58. The van der Waals surface area contributed by atoms with Crippen LogP contribution in [0.1, 0.15) is 39.3 Å². The molecular formula is C18H23N3O7. The summed E-state index contributed by atoms with van der Waals surface area (Å²) in [6.45, 7) is 7.25. The maximum Gasteiger partial charge on any atom is 0.338 e. The number of carbonyl (C=O) groups is 2. The molecule has 10 heteroatoms. The van der Waals surface area contributed by atoms with Crippen molar-refractivity contribution in [2.24, 2.45) is 0 Å². The zero-order chi connectivity index (χ0) is 20.8. The number of urea groups is 1. The van der Waals surface area contributed by atoms with Gasteiger partial charge in [0, 0.05) is 11.8 Å². The van der Waals surface area contributed by atoms with Crippen molar-refractivity contribution in [2.75, 3.05) is 19.8 Å². The van der Waals surface area contributed by atoms with Crippen LogP contribution in [0.3, 0.4) is 0 Å². The lowest BCUT2D eigenvalue weighted by Gasteiger charge is -2.28. The lowest BCUT2D eigenvalue weighted by Crippen LogP contribution is -2.45. The molecule has 1 atom stereocenters. The first-order valence-corrected chi connectivity index (χ1v) is 8.87. The van der Waals surface area contributed by atoms with Gasteiger partial charge in [-0.3, -0.25) is 10.1 Å². The topological polar surface area (TPSA) is 129 Å². The highest BCUT2D eigenvalue weighted by atomic mass is 16.6. The minimum Gasteiger partial charge on any atom is -0.490 e. The number of nitrogens with zero attached hydrogens (tertiary/aromatic N) is 1. The molecule has 28 heavy (non-hydrogen) atoms. The molecule has 10 nitrogen and oxygen atoms in total. The van der Waals surface area contributed by atoms with Gasteiger partial charge in [-0.15, -0.1) is 0 Å². The van der Waals surface area contributed by atoms with Gasteiger partial charge in [-0.1, -0.05) is 0 Å². The van der Waals surface area contributed by atoms with E-state index in [0.717, 1.165) is 0 Å². The molecular weight excluding hydrogens is 370 g/mol. The number of benzene rings is 1. The molecule has 0 radical (unpaired) electrons. The molecule has 2 rings (SSSR count). The standard InChI is InChI=1S/C18H23N3O7/c1-5-26-13-9-11(8-12(21(24)25)16(13)27-6-2)15-14(17(22)28-7-3)10(4)19-18(23)20-15/h8-9,15H,5-7H2,1-4H3,(H2,19,20,23)/t15-/m1/s1. The molecule has 152 valence electrons. The van der Waals surface area contributed by atoms with Crippen LogP contribution in [0.25, 0.3) is 0 Å². The number of rotatable bonds is 8. The first kappa shape index (κ1) is 21.0. The summed E-state index contributed by atoms with van der Waals surface area (Å²) in [5.74, 6) is -0.481. The van der Waals surface area contributed by atoms with Crippen LogP contribution < -0.4 is 20.1 Å². The molecule has 1 aromatic rings. The average molecular weight is 393 g/mol. The average Bonchev–Trinajstić information content (AvgIpc) is 2.62. The number of nitro benzene ring substituents is 1. The first-order valence-electron chi connectivity index (χ1n) is 8.87. The van der Waals surface area contributed by atoms with Gasteiger partial charge in [0.2, 0.25) is 5.75 Å². The molecule has 1 aromatic carbocycles. The Labute approximate surface area is 162 Å². The molecule has 0 saturated carbocycles. The van der Waals surface area contributed by atoms with Gasteiger partial charge in [-0.05, 0) is 39.3 Å². The van der Waals surface area contributed by atoms with E-state index < -0.39 is 23.0 Å². The minimum absolute atomic E-state index is 0.00301. The van der Waals surface area contributed by atoms with Gasteiger partial charge in [0.15, 0.2) is 5.75 Å². The number of esters is 1. The van der Waals surface area contributed by atoms with E-state index in [4.69, 9.17) is 14.2 Å². The van der Waals surface area contributed by atoms with E-state index in [9.17, 15) is 19.7 Å². The summed E-state index contributed by atoms with van der Waals surface area (Å²) in [6, 6.07) is 1.30. The van der Waals surface area contributed by atoms with Crippen LogP contribution in [0.5, 0.6) is 11.5 Å². The summed E-state index contributed by atoms with van der Waals surface area (Å²) >= 11 is 0. The van der Waals surface area contributed by atoms with Crippen molar-refractivity contribution in [2.45, 2.75) is 33.7 Å². The zero-order valence-electron chi connectivity index (χ0n) is 16.2. The van der Waals surface area contributed by atoms with Gasteiger partial charge < -0.3 is 24.8 Å². The van der Waals surface area contributed by atoms with Crippen molar-refractivity contribution in [3.8, 4) is 11.5 Å². The Morgan fingerprint density at radius 2 is 1.86 bits per heavy atom. The molecule has 0 aliphatic carbocycles.